The van der Waals surface area contributed by atoms with E-state index in [4.69, 9.17) is 9.47 Å². The number of aryl methyl sites for hydroxylation is 1. The summed E-state index contributed by atoms with van der Waals surface area (Å²) < 4.78 is 53.7. The minimum Gasteiger partial charge on any atom is -0.481 e. The van der Waals surface area contributed by atoms with Gasteiger partial charge in [0.05, 0.1) is 24.1 Å². The second kappa shape index (κ2) is 11.5. The third kappa shape index (κ3) is 5.47. The largest absolute Gasteiger partial charge is 0.481 e. The second-order valence-corrected chi connectivity index (χ2v) is 10.3. The smallest absolute Gasteiger partial charge is 0.293 e. The molecule has 2 saturated heterocycles. The zero-order chi connectivity index (χ0) is 27.7. The van der Waals surface area contributed by atoms with Crippen LogP contribution < -0.4 is 15.6 Å². The first kappa shape index (κ1) is 27.4. The number of anilines is 1. The van der Waals surface area contributed by atoms with Crippen molar-refractivity contribution in [2.24, 2.45) is 7.05 Å². The number of fused-ring (bicyclic) bond motifs is 1. The van der Waals surface area contributed by atoms with Crippen LogP contribution in [0, 0.1) is 5.82 Å². The van der Waals surface area contributed by atoms with E-state index >= 15 is 0 Å². The number of pyridine rings is 1. The van der Waals surface area contributed by atoms with Crippen LogP contribution >= 0.6 is 0 Å². The second-order valence-electron chi connectivity index (χ2n) is 10.3. The molecule has 39 heavy (non-hydrogen) atoms. The van der Waals surface area contributed by atoms with Crippen molar-refractivity contribution in [1.29, 1.82) is 0 Å². The standard InChI is InChI=1S/C28H34F3N5O3/c1-16(19-5-4-6-20(23(19)29)25(30)31)32-26-22-15-21(27(38-3)33-24(22)28(37)35(2)34-26)17-7-11-36(12-8-17)18-9-13-39-14-10-18/h4-6,15-18,25H,7-14H2,1-3H3,(H,32,34)/t16-/m1/s1. The van der Waals surface area contributed by atoms with Crippen molar-refractivity contribution >= 4 is 16.7 Å². The molecule has 1 aromatic carbocycles. The highest BCUT2D eigenvalue weighted by atomic mass is 19.3. The number of piperidine rings is 1. The number of alkyl halides is 2. The number of halogens is 3. The molecule has 0 aliphatic carbocycles. The van der Waals surface area contributed by atoms with Gasteiger partial charge in [0, 0.05) is 37.4 Å². The highest BCUT2D eigenvalue weighted by Crippen LogP contribution is 2.37. The van der Waals surface area contributed by atoms with Gasteiger partial charge in [-0.05, 0) is 57.7 Å². The van der Waals surface area contributed by atoms with Crippen LogP contribution in [0.25, 0.3) is 10.9 Å². The van der Waals surface area contributed by atoms with Gasteiger partial charge in [0.15, 0.2) is 5.82 Å². The molecule has 0 unspecified atom stereocenters. The molecule has 3 aromatic rings. The van der Waals surface area contributed by atoms with Crippen LogP contribution in [0.15, 0.2) is 29.1 Å². The first-order valence-corrected chi connectivity index (χ1v) is 13.4. The summed E-state index contributed by atoms with van der Waals surface area (Å²) in [6.45, 7) is 5.18. The Kier molecular flexibility index (Phi) is 8.08. The Morgan fingerprint density at radius 1 is 1.13 bits per heavy atom. The molecular weight excluding hydrogens is 511 g/mol. The number of hydrogen-bond donors (Lipinski definition) is 1. The lowest BCUT2D eigenvalue weighted by atomic mass is 9.88. The van der Waals surface area contributed by atoms with Gasteiger partial charge in [-0.2, -0.15) is 5.10 Å². The van der Waals surface area contributed by atoms with Crippen LogP contribution in [0.2, 0.25) is 0 Å². The molecule has 0 amide bonds. The highest BCUT2D eigenvalue weighted by Gasteiger charge is 2.30. The molecule has 210 valence electrons. The van der Waals surface area contributed by atoms with E-state index in [0.29, 0.717) is 23.1 Å². The van der Waals surface area contributed by atoms with E-state index in [1.54, 1.807) is 14.0 Å². The summed E-state index contributed by atoms with van der Waals surface area (Å²) in [5.74, 6) is -0.0525. The van der Waals surface area contributed by atoms with Crippen LogP contribution in [0.3, 0.4) is 0 Å². The predicted octanol–water partition coefficient (Wildman–Crippen LogP) is 4.95. The van der Waals surface area contributed by atoms with Gasteiger partial charge in [-0.15, -0.1) is 0 Å². The molecular formula is C28H34F3N5O3. The molecule has 0 radical (unpaired) electrons. The molecule has 11 heteroatoms. The summed E-state index contributed by atoms with van der Waals surface area (Å²) in [7, 11) is 3.05. The quantitative estimate of drug-likeness (QED) is 0.450. The maximum absolute atomic E-state index is 14.9. The topological polar surface area (TPSA) is 81.5 Å². The third-order valence-electron chi connectivity index (χ3n) is 8.00. The number of aromatic nitrogens is 3. The molecule has 2 aliphatic heterocycles. The Hall–Kier alpha value is -3.18. The van der Waals surface area contributed by atoms with Crippen LogP contribution in [0.1, 0.15) is 67.7 Å². The third-order valence-corrected chi connectivity index (χ3v) is 8.00. The van der Waals surface area contributed by atoms with Gasteiger partial charge in [0.1, 0.15) is 11.3 Å². The molecule has 1 atom stereocenters. The lowest BCUT2D eigenvalue weighted by Gasteiger charge is -2.39. The van der Waals surface area contributed by atoms with Gasteiger partial charge in [-0.3, -0.25) is 4.79 Å². The minimum atomic E-state index is -2.93. The molecule has 2 fully saturated rings. The zero-order valence-electron chi connectivity index (χ0n) is 22.4. The highest BCUT2D eigenvalue weighted by molar-refractivity contribution is 5.89. The van der Waals surface area contributed by atoms with Crippen LogP contribution in [-0.2, 0) is 11.8 Å². The summed E-state index contributed by atoms with van der Waals surface area (Å²) in [5, 5.41) is 8.01. The van der Waals surface area contributed by atoms with E-state index in [1.807, 2.05) is 6.07 Å². The molecule has 5 rings (SSSR count). The van der Waals surface area contributed by atoms with Crippen molar-refractivity contribution < 1.29 is 22.6 Å². The molecule has 0 spiro atoms. The van der Waals surface area contributed by atoms with Crippen molar-refractivity contribution in [2.75, 3.05) is 38.7 Å². The summed E-state index contributed by atoms with van der Waals surface area (Å²) in [6, 6.07) is 5.68. The van der Waals surface area contributed by atoms with E-state index in [2.05, 4.69) is 20.3 Å². The van der Waals surface area contributed by atoms with Crippen molar-refractivity contribution in [3.8, 4) is 5.88 Å². The minimum absolute atomic E-state index is 0.0822. The number of benzene rings is 1. The number of nitrogens with zero attached hydrogens (tertiary/aromatic N) is 4. The Morgan fingerprint density at radius 3 is 2.49 bits per heavy atom. The Bertz CT molecular complexity index is 1390. The number of methoxy groups -OCH3 is 1. The van der Waals surface area contributed by atoms with E-state index < -0.39 is 29.4 Å². The summed E-state index contributed by atoms with van der Waals surface area (Å²) in [5.41, 5.74) is 0.102. The van der Waals surface area contributed by atoms with Crippen LogP contribution in [0.5, 0.6) is 5.88 Å². The average Bonchev–Trinajstić information content (AvgIpc) is 2.95. The molecule has 2 aliphatic rings. The number of nitrogens with one attached hydrogen (secondary N) is 1. The zero-order valence-corrected chi connectivity index (χ0v) is 22.4. The summed E-state index contributed by atoms with van der Waals surface area (Å²) in [4.78, 5) is 20.1. The summed E-state index contributed by atoms with van der Waals surface area (Å²) >= 11 is 0. The lowest BCUT2D eigenvalue weighted by Crippen LogP contribution is -2.43. The van der Waals surface area contributed by atoms with Gasteiger partial charge < -0.3 is 19.7 Å². The van der Waals surface area contributed by atoms with Crippen molar-refractivity contribution in [2.45, 2.75) is 57.0 Å². The molecule has 8 nitrogen and oxygen atoms in total. The monoisotopic (exact) mass is 545 g/mol. The fraction of sp³-hybridized carbons (Fsp3) is 0.536. The van der Waals surface area contributed by atoms with E-state index in [-0.39, 0.29) is 17.0 Å². The maximum Gasteiger partial charge on any atom is 0.293 e. The molecule has 4 heterocycles. The number of hydrogen-bond acceptors (Lipinski definition) is 7. The summed E-state index contributed by atoms with van der Waals surface area (Å²) in [6.07, 6.45) is 1.02. The van der Waals surface area contributed by atoms with Crippen LogP contribution in [-0.4, -0.2) is 59.1 Å². The van der Waals surface area contributed by atoms with Gasteiger partial charge in [-0.1, -0.05) is 18.2 Å². The molecule has 1 N–H and O–H groups in total. The Balaban J connectivity index is 1.47. The first-order chi connectivity index (χ1) is 18.8. The van der Waals surface area contributed by atoms with Gasteiger partial charge >= 0.3 is 0 Å². The van der Waals surface area contributed by atoms with Gasteiger partial charge in [0.2, 0.25) is 5.88 Å². The van der Waals surface area contributed by atoms with Crippen molar-refractivity contribution in [1.82, 2.24) is 19.7 Å². The van der Waals surface area contributed by atoms with E-state index in [0.717, 1.165) is 68.3 Å². The lowest BCUT2D eigenvalue weighted by molar-refractivity contribution is 0.0251. The van der Waals surface area contributed by atoms with Gasteiger partial charge in [-0.25, -0.2) is 22.8 Å². The Morgan fingerprint density at radius 2 is 1.82 bits per heavy atom. The van der Waals surface area contributed by atoms with Crippen LogP contribution in [0.4, 0.5) is 19.0 Å². The molecule has 2 aromatic heterocycles. The number of rotatable bonds is 7. The van der Waals surface area contributed by atoms with E-state index in [1.165, 1.54) is 19.2 Å². The van der Waals surface area contributed by atoms with Crippen molar-refractivity contribution in [3.63, 3.8) is 0 Å². The molecule has 0 bridgehead atoms. The average molecular weight is 546 g/mol. The molecule has 0 saturated carbocycles. The SMILES string of the molecule is COc1nc2c(=O)n(C)nc(N[C@H](C)c3cccc(C(F)F)c3F)c2cc1C1CCN(C2CCOCC2)CC1. The predicted molar refractivity (Wildman–Crippen MR) is 142 cm³/mol. The Labute approximate surface area is 225 Å². The fourth-order valence-corrected chi connectivity index (χ4v) is 5.80. The fourth-order valence-electron chi connectivity index (χ4n) is 5.80. The first-order valence-electron chi connectivity index (χ1n) is 13.4. The van der Waals surface area contributed by atoms with E-state index in [9.17, 15) is 18.0 Å². The number of ether oxygens (including phenoxy) is 2. The normalized spacial score (nSPS) is 18.5. The van der Waals surface area contributed by atoms with Crippen molar-refractivity contribution in [3.05, 3.63) is 57.1 Å². The van der Waals surface area contributed by atoms with Gasteiger partial charge in [0.25, 0.3) is 12.0 Å². The maximum atomic E-state index is 14.9. The number of likely N-dealkylation sites (tertiary alicyclic amines) is 1.